The predicted octanol–water partition coefficient (Wildman–Crippen LogP) is 0.701. The number of nitriles is 2. The first-order chi connectivity index (χ1) is 7.57. The average Bonchev–Trinajstić information content (AvgIpc) is 2.37. The molecule has 0 heterocycles. The summed E-state index contributed by atoms with van der Waals surface area (Å²) in [5, 5.41) is 25.9. The molecule has 0 fully saturated rings. The molecule has 0 spiro atoms. The second kappa shape index (κ2) is 6.16. The molecule has 16 heavy (non-hydrogen) atoms. The Bertz CT molecular complexity index is 281. The van der Waals surface area contributed by atoms with Crippen LogP contribution in [-0.4, -0.2) is 24.2 Å². The number of rotatable bonds is 6. The minimum Gasteiger partial charge on any atom is -0.327 e. The van der Waals surface area contributed by atoms with Gasteiger partial charge >= 0.3 is 0 Å². The van der Waals surface area contributed by atoms with E-state index in [1.165, 1.54) is 0 Å². The quantitative estimate of drug-likeness (QED) is 0.641. The van der Waals surface area contributed by atoms with Crippen molar-refractivity contribution in [3.63, 3.8) is 0 Å². The maximum Gasteiger partial charge on any atom is 0.179 e. The number of nitrogens with two attached hydrogens (primary N) is 2. The first kappa shape index (κ1) is 14.5. The van der Waals surface area contributed by atoms with Crippen molar-refractivity contribution in [3.8, 4) is 12.1 Å². The van der Waals surface area contributed by atoms with Crippen molar-refractivity contribution in [3.05, 3.63) is 0 Å². The van der Waals surface area contributed by atoms with Crippen LogP contribution in [0.2, 0.25) is 0 Å². The highest BCUT2D eigenvalue weighted by Gasteiger charge is 2.30. The first-order valence-electron chi connectivity index (χ1n) is 5.24. The van der Waals surface area contributed by atoms with E-state index in [1.54, 1.807) is 13.8 Å². The van der Waals surface area contributed by atoms with Gasteiger partial charge in [-0.05, 0) is 12.8 Å². The summed E-state index contributed by atoms with van der Waals surface area (Å²) < 4.78 is 0. The van der Waals surface area contributed by atoms with Gasteiger partial charge in [-0.3, -0.25) is 0 Å². The molecule has 0 aliphatic carbocycles. The van der Waals surface area contributed by atoms with E-state index < -0.39 is 11.1 Å². The summed E-state index contributed by atoms with van der Waals surface area (Å²) in [6.45, 7) is 3.77. The molecule has 2 atom stereocenters. The minimum atomic E-state index is -1.04. The van der Waals surface area contributed by atoms with Crippen molar-refractivity contribution in [2.75, 3.05) is 13.1 Å². The number of hydrogen-bond donors (Lipinski definition) is 2. The summed E-state index contributed by atoms with van der Waals surface area (Å²) in [6, 6.07) is 4.05. The first-order valence-corrected chi connectivity index (χ1v) is 5.24. The lowest BCUT2D eigenvalue weighted by Crippen LogP contribution is -2.37. The Morgan fingerprint density at radius 3 is 1.38 bits per heavy atom. The molecule has 4 N–H and O–H groups in total. The third kappa shape index (κ3) is 2.99. The Morgan fingerprint density at radius 2 is 1.25 bits per heavy atom. The van der Waals surface area contributed by atoms with Gasteiger partial charge in [0.25, 0.3) is 0 Å². The van der Waals surface area contributed by atoms with Crippen LogP contribution in [0, 0.1) is 22.7 Å². The predicted molar refractivity (Wildman–Crippen MR) is 60.2 cm³/mol. The molecule has 0 aliphatic rings. The monoisotopic (exact) mass is 222 g/mol. The van der Waals surface area contributed by atoms with Gasteiger partial charge in [0.1, 0.15) is 0 Å². The van der Waals surface area contributed by atoms with Crippen LogP contribution < -0.4 is 11.5 Å². The summed E-state index contributed by atoms with van der Waals surface area (Å²) in [7, 11) is 0. The fraction of sp³-hybridized carbons (Fsp3) is 0.800. The van der Waals surface area contributed by atoms with Crippen LogP contribution in [0.5, 0.6) is 0 Å². The van der Waals surface area contributed by atoms with Gasteiger partial charge in [0, 0.05) is 13.1 Å². The number of nitrogens with zero attached hydrogens (tertiary/aromatic N) is 4. The lowest BCUT2D eigenvalue weighted by molar-refractivity contribution is 0.440. The summed E-state index contributed by atoms with van der Waals surface area (Å²) >= 11 is 0. The molecular weight excluding hydrogens is 204 g/mol. The van der Waals surface area contributed by atoms with Crippen LogP contribution in [0.1, 0.15) is 26.7 Å². The molecule has 0 aromatic carbocycles. The summed E-state index contributed by atoms with van der Waals surface area (Å²) in [5.41, 5.74) is 8.91. The molecule has 0 aromatic heterocycles. The van der Waals surface area contributed by atoms with E-state index in [2.05, 4.69) is 10.2 Å². The van der Waals surface area contributed by atoms with E-state index in [-0.39, 0.29) is 13.1 Å². The standard InChI is InChI=1S/C10H18N6/c1-3-9(5-11,6-12)15-16-10(4-2,7-13)8-14/h3-5,7,11,13H2,1-2H3. The minimum absolute atomic E-state index is 0.0826. The van der Waals surface area contributed by atoms with Crippen molar-refractivity contribution in [1.29, 1.82) is 10.5 Å². The number of hydrogen-bond acceptors (Lipinski definition) is 6. The Balaban J connectivity index is 5.08. The smallest absolute Gasteiger partial charge is 0.179 e. The largest absolute Gasteiger partial charge is 0.327 e. The highest BCUT2D eigenvalue weighted by atomic mass is 15.2. The van der Waals surface area contributed by atoms with Crippen LogP contribution in [0.15, 0.2) is 10.2 Å². The van der Waals surface area contributed by atoms with Crippen molar-refractivity contribution >= 4 is 0 Å². The van der Waals surface area contributed by atoms with E-state index in [4.69, 9.17) is 22.0 Å². The Morgan fingerprint density at radius 1 is 0.938 bits per heavy atom. The third-order valence-electron chi connectivity index (χ3n) is 2.69. The Hall–Kier alpha value is -1.50. The molecule has 0 radical (unpaired) electrons. The van der Waals surface area contributed by atoms with Gasteiger partial charge in [0.05, 0.1) is 12.1 Å². The van der Waals surface area contributed by atoms with Gasteiger partial charge in [-0.1, -0.05) is 13.8 Å². The Labute approximate surface area is 95.9 Å². The zero-order valence-corrected chi connectivity index (χ0v) is 9.77. The highest BCUT2D eigenvalue weighted by molar-refractivity contribution is 5.11. The van der Waals surface area contributed by atoms with Gasteiger partial charge in [0.15, 0.2) is 11.1 Å². The molecular formula is C10H18N6. The van der Waals surface area contributed by atoms with E-state index in [0.29, 0.717) is 12.8 Å². The van der Waals surface area contributed by atoms with E-state index in [1.807, 2.05) is 12.1 Å². The molecule has 2 unspecified atom stereocenters. The third-order valence-corrected chi connectivity index (χ3v) is 2.69. The molecule has 88 valence electrons. The molecule has 0 aliphatic heterocycles. The van der Waals surface area contributed by atoms with Crippen LogP contribution in [-0.2, 0) is 0 Å². The van der Waals surface area contributed by atoms with Gasteiger partial charge in [0.2, 0.25) is 0 Å². The van der Waals surface area contributed by atoms with Crippen molar-refractivity contribution in [2.24, 2.45) is 21.7 Å². The molecule has 0 saturated carbocycles. The second-order valence-corrected chi connectivity index (χ2v) is 3.60. The van der Waals surface area contributed by atoms with E-state index in [9.17, 15) is 0 Å². The van der Waals surface area contributed by atoms with Gasteiger partial charge in [-0.2, -0.15) is 20.8 Å². The topological polar surface area (TPSA) is 124 Å². The maximum atomic E-state index is 8.99. The lowest BCUT2D eigenvalue weighted by atomic mass is 9.98. The SMILES string of the molecule is CCC(C#N)(CN)N=NC(C#N)(CC)CN. The van der Waals surface area contributed by atoms with Crippen molar-refractivity contribution < 1.29 is 0 Å². The van der Waals surface area contributed by atoms with E-state index in [0.717, 1.165) is 0 Å². The van der Waals surface area contributed by atoms with Crippen LogP contribution in [0.3, 0.4) is 0 Å². The highest BCUT2D eigenvalue weighted by Crippen LogP contribution is 2.19. The molecule has 0 aromatic rings. The normalized spacial score (nSPS) is 18.4. The van der Waals surface area contributed by atoms with Crippen LogP contribution >= 0.6 is 0 Å². The van der Waals surface area contributed by atoms with Gasteiger partial charge < -0.3 is 11.5 Å². The maximum absolute atomic E-state index is 8.99. The number of azo groups is 1. The molecule has 0 rings (SSSR count). The van der Waals surface area contributed by atoms with Gasteiger partial charge in [-0.25, -0.2) is 0 Å². The fourth-order valence-corrected chi connectivity index (χ4v) is 0.997. The van der Waals surface area contributed by atoms with Crippen molar-refractivity contribution in [2.45, 2.75) is 37.8 Å². The zero-order valence-electron chi connectivity index (χ0n) is 9.77. The Kier molecular flexibility index (Phi) is 5.59. The van der Waals surface area contributed by atoms with Gasteiger partial charge in [-0.15, -0.1) is 0 Å². The molecule has 0 saturated heterocycles. The van der Waals surface area contributed by atoms with Crippen LogP contribution in [0.4, 0.5) is 0 Å². The molecule has 0 bridgehead atoms. The summed E-state index contributed by atoms with van der Waals surface area (Å²) in [4.78, 5) is 0. The average molecular weight is 222 g/mol. The lowest BCUT2D eigenvalue weighted by Gasteiger charge is -2.20. The fourth-order valence-electron chi connectivity index (χ4n) is 0.997. The zero-order chi connectivity index (χ0) is 12.7. The van der Waals surface area contributed by atoms with Crippen molar-refractivity contribution in [1.82, 2.24) is 0 Å². The molecule has 6 nitrogen and oxygen atoms in total. The summed E-state index contributed by atoms with van der Waals surface area (Å²) in [6.07, 6.45) is 0.915. The van der Waals surface area contributed by atoms with E-state index >= 15 is 0 Å². The second-order valence-electron chi connectivity index (χ2n) is 3.60. The van der Waals surface area contributed by atoms with Crippen LogP contribution in [0.25, 0.3) is 0 Å². The molecule has 6 heteroatoms. The summed E-state index contributed by atoms with van der Waals surface area (Å²) in [5.74, 6) is 0. The molecule has 0 amide bonds.